The van der Waals surface area contributed by atoms with Crippen molar-refractivity contribution in [3.05, 3.63) is 46.3 Å². The third-order valence-electron chi connectivity index (χ3n) is 4.18. The van der Waals surface area contributed by atoms with E-state index in [2.05, 4.69) is 20.3 Å². The summed E-state index contributed by atoms with van der Waals surface area (Å²) >= 11 is 0. The van der Waals surface area contributed by atoms with E-state index in [4.69, 9.17) is 0 Å². The van der Waals surface area contributed by atoms with E-state index in [-0.39, 0.29) is 24.3 Å². The zero-order chi connectivity index (χ0) is 17.8. The summed E-state index contributed by atoms with van der Waals surface area (Å²) in [5, 5.41) is 17.3. The van der Waals surface area contributed by atoms with Gasteiger partial charge in [-0.3, -0.25) is 4.79 Å². The highest BCUT2D eigenvalue weighted by Crippen LogP contribution is 2.18. The van der Waals surface area contributed by atoms with Crippen LogP contribution in [0, 0.1) is 17.0 Å². The molecule has 9 nitrogen and oxygen atoms in total. The van der Waals surface area contributed by atoms with Gasteiger partial charge in [-0.15, -0.1) is 0 Å². The predicted molar refractivity (Wildman–Crippen MR) is 91.2 cm³/mol. The molecule has 0 unspecified atom stereocenters. The number of nitro groups is 1. The number of hydrogen-bond donors (Lipinski definition) is 1. The van der Waals surface area contributed by atoms with Crippen molar-refractivity contribution >= 4 is 17.5 Å². The van der Waals surface area contributed by atoms with Gasteiger partial charge in [-0.05, 0) is 36.8 Å². The van der Waals surface area contributed by atoms with Crippen molar-refractivity contribution in [1.82, 2.24) is 20.1 Å². The van der Waals surface area contributed by atoms with Crippen LogP contribution in [0.2, 0.25) is 0 Å². The second-order valence-electron chi connectivity index (χ2n) is 6.09. The van der Waals surface area contributed by atoms with Crippen molar-refractivity contribution in [3.63, 3.8) is 0 Å². The normalized spacial score (nSPS) is 15.2. The summed E-state index contributed by atoms with van der Waals surface area (Å²) < 4.78 is 1.28. The molecule has 0 bridgehead atoms. The first-order chi connectivity index (χ1) is 12.0. The summed E-state index contributed by atoms with van der Waals surface area (Å²) in [5.74, 6) is 0.519. The molecule has 2 aromatic heterocycles. The van der Waals surface area contributed by atoms with Gasteiger partial charge in [0, 0.05) is 24.8 Å². The summed E-state index contributed by atoms with van der Waals surface area (Å²) in [6.45, 7) is 3.60. The molecule has 0 aromatic carbocycles. The quantitative estimate of drug-likeness (QED) is 0.647. The number of amides is 1. The molecule has 0 atom stereocenters. The Balaban J connectivity index is 1.48. The molecule has 25 heavy (non-hydrogen) atoms. The Morgan fingerprint density at radius 1 is 1.36 bits per heavy atom. The second-order valence-corrected chi connectivity index (χ2v) is 6.09. The standard InChI is InChI=1S/C16H20N6O3/c1-12-3-2-4-14(17-12)20-8-5-13(6-9-20)18-16(23)11-21-10-7-15(19-21)22(24)25/h2-4,7,10,13H,5-6,8-9,11H2,1H3,(H,18,23). The van der Waals surface area contributed by atoms with E-state index in [1.54, 1.807) is 0 Å². The molecular formula is C16H20N6O3. The van der Waals surface area contributed by atoms with Gasteiger partial charge in [-0.2, -0.15) is 4.68 Å². The van der Waals surface area contributed by atoms with E-state index in [1.165, 1.54) is 16.9 Å². The zero-order valence-electron chi connectivity index (χ0n) is 14.0. The highest BCUT2D eigenvalue weighted by molar-refractivity contribution is 5.76. The number of rotatable bonds is 5. The van der Waals surface area contributed by atoms with Crippen LogP contribution in [-0.2, 0) is 11.3 Å². The van der Waals surface area contributed by atoms with Gasteiger partial charge in [0.25, 0.3) is 0 Å². The maximum Gasteiger partial charge on any atom is 0.389 e. The molecule has 1 amide bonds. The lowest BCUT2D eigenvalue weighted by atomic mass is 10.0. The van der Waals surface area contributed by atoms with Gasteiger partial charge in [-0.1, -0.05) is 6.07 Å². The molecule has 2 aromatic rings. The number of hydrogen-bond acceptors (Lipinski definition) is 6. The average Bonchev–Trinajstić information content (AvgIpc) is 3.04. The smallest absolute Gasteiger partial charge is 0.358 e. The molecule has 0 aliphatic carbocycles. The maximum absolute atomic E-state index is 12.1. The SMILES string of the molecule is Cc1cccc(N2CCC(NC(=O)Cn3ccc([N+](=O)[O-])n3)CC2)n1. The number of carbonyl (C=O) groups is 1. The Morgan fingerprint density at radius 3 is 2.76 bits per heavy atom. The number of pyridine rings is 1. The second kappa shape index (κ2) is 7.29. The highest BCUT2D eigenvalue weighted by Gasteiger charge is 2.22. The molecule has 1 N–H and O–H groups in total. The Bertz CT molecular complexity index is 767. The lowest BCUT2D eigenvalue weighted by Gasteiger charge is -2.33. The minimum atomic E-state index is -0.580. The molecule has 0 saturated carbocycles. The number of aryl methyl sites for hydroxylation is 1. The number of nitrogens with zero attached hydrogens (tertiary/aromatic N) is 5. The number of anilines is 1. The van der Waals surface area contributed by atoms with Crippen molar-refractivity contribution in [3.8, 4) is 0 Å². The first kappa shape index (κ1) is 16.9. The zero-order valence-corrected chi connectivity index (χ0v) is 14.0. The summed E-state index contributed by atoms with van der Waals surface area (Å²) in [5.41, 5.74) is 0.987. The van der Waals surface area contributed by atoms with Crippen LogP contribution >= 0.6 is 0 Å². The summed E-state index contributed by atoms with van der Waals surface area (Å²) in [7, 11) is 0. The van der Waals surface area contributed by atoms with Crippen molar-refractivity contribution < 1.29 is 9.72 Å². The largest absolute Gasteiger partial charge is 0.389 e. The van der Waals surface area contributed by atoms with Gasteiger partial charge in [0.2, 0.25) is 5.91 Å². The van der Waals surface area contributed by atoms with Crippen LogP contribution in [-0.4, -0.2) is 44.7 Å². The molecule has 0 radical (unpaired) electrons. The van der Waals surface area contributed by atoms with Crippen molar-refractivity contribution in [2.75, 3.05) is 18.0 Å². The third kappa shape index (κ3) is 4.31. The molecule has 1 aliphatic heterocycles. The topological polar surface area (TPSA) is 106 Å². The highest BCUT2D eigenvalue weighted by atomic mass is 16.6. The molecule has 9 heteroatoms. The predicted octanol–water partition coefficient (Wildman–Crippen LogP) is 1.28. The average molecular weight is 344 g/mol. The van der Waals surface area contributed by atoms with Crippen LogP contribution in [0.4, 0.5) is 11.6 Å². The molecule has 1 saturated heterocycles. The monoisotopic (exact) mass is 344 g/mol. The summed E-state index contributed by atoms with van der Waals surface area (Å²) in [4.78, 5) is 28.9. The van der Waals surface area contributed by atoms with E-state index < -0.39 is 4.92 Å². The van der Waals surface area contributed by atoms with E-state index in [0.717, 1.165) is 37.4 Å². The fraction of sp³-hybridized carbons (Fsp3) is 0.438. The van der Waals surface area contributed by atoms with Crippen molar-refractivity contribution in [2.24, 2.45) is 0 Å². The fourth-order valence-corrected chi connectivity index (χ4v) is 2.91. The number of aromatic nitrogens is 3. The Morgan fingerprint density at radius 2 is 2.12 bits per heavy atom. The van der Waals surface area contributed by atoms with Gasteiger partial charge in [-0.25, -0.2) is 4.98 Å². The molecule has 1 fully saturated rings. The van der Waals surface area contributed by atoms with Gasteiger partial charge in [0.15, 0.2) is 0 Å². The molecule has 0 spiro atoms. The van der Waals surface area contributed by atoms with Gasteiger partial charge >= 0.3 is 5.82 Å². The van der Waals surface area contributed by atoms with E-state index >= 15 is 0 Å². The molecule has 3 heterocycles. The molecule has 132 valence electrons. The Labute approximate surface area is 144 Å². The van der Waals surface area contributed by atoms with E-state index in [0.29, 0.717) is 0 Å². The van der Waals surface area contributed by atoms with Crippen LogP contribution in [0.15, 0.2) is 30.5 Å². The number of nitrogens with one attached hydrogen (secondary N) is 1. The third-order valence-corrected chi connectivity index (χ3v) is 4.18. The van der Waals surface area contributed by atoms with Crippen LogP contribution in [0.5, 0.6) is 0 Å². The first-order valence-corrected chi connectivity index (χ1v) is 8.17. The Kier molecular flexibility index (Phi) is 4.92. The first-order valence-electron chi connectivity index (χ1n) is 8.17. The molecule has 1 aliphatic rings. The van der Waals surface area contributed by atoms with E-state index in [9.17, 15) is 14.9 Å². The van der Waals surface area contributed by atoms with Crippen LogP contribution < -0.4 is 10.2 Å². The maximum atomic E-state index is 12.1. The van der Waals surface area contributed by atoms with Crippen molar-refractivity contribution in [1.29, 1.82) is 0 Å². The summed E-state index contributed by atoms with van der Waals surface area (Å²) in [6.07, 6.45) is 3.10. The van der Waals surface area contributed by atoms with Gasteiger partial charge in [0.05, 0.1) is 17.4 Å². The van der Waals surface area contributed by atoms with Crippen molar-refractivity contribution in [2.45, 2.75) is 32.4 Å². The van der Waals surface area contributed by atoms with Gasteiger partial charge in [0.1, 0.15) is 12.4 Å². The summed E-state index contributed by atoms with van der Waals surface area (Å²) in [6, 6.07) is 7.33. The fourth-order valence-electron chi connectivity index (χ4n) is 2.91. The van der Waals surface area contributed by atoms with Gasteiger partial charge < -0.3 is 20.3 Å². The number of carbonyl (C=O) groups excluding carboxylic acids is 1. The minimum absolute atomic E-state index is 0.0203. The Hall–Kier alpha value is -2.97. The van der Waals surface area contributed by atoms with Crippen LogP contribution in [0.1, 0.15) is 18.5 Å². The van der Waals surface area contributed by atoms with E-state index in [1.807, 2.05) is 25.1 Å². The van der Waals surface area contributed by atoms with Crippen LogP contribution in [0.25, 0.3) is 0 Å². The molecular weight excluding hydrogens is 324 g/mol. The minimum Gasteiger partial charge on any atom is -0.358 e. The lowest BCUT2D eigenvalue weighted by molar-refractivity contribution is -0.389. The lowest BCUT2D eigenvalue weighted by Crippen LogP contribution is -2.45. The van der Waals surface area contributed by atoms with Crippen LogP contribution in [0.3, 0.4) is 0 Å². The molecule has 3 rings (SSSR count). The number of piperidine rings is 1.